The maximum Gasteiger partial charge on any atom is 0.254 e. The van der Waals surface area contributed by atoms with Gasteiger partial charge < -0.3 is 0 Å². The first-order valence-electron chi connectivity index (χ1n) is 4.98. The summed E-state index contributed by atoms with van der Waals surface area (Å²) >= 11 is 11.7. The number of allylic oxidation sites excluding steroid dienone is 1. The Morgan fingerprint density at radius 2 is 1.94 bits per heavy atom. The van der Waals surface area contributed by atoms with Gasteiger partial charge in [-0.1, -0.05) is 29.3 Å². The molecule has 0 saturated carbocycles. The van der Waals surface area contributed by atoms with Gasteiger partial charge in [0.05, 0.1) is 16.5 Å². The van der Waals surface area contributed by atoms with Crippen LogP contribution in [0.3, 0.4) is 0 Å². The molecule has 1 saturated heterocycles. The van der Waals surface area contributed by atoms with Gasteiger partial charge >= 0.3 is 0 Å². The molecule has 5 heteroatoms. The van der Waals surface area contributed by atoms with Crippen molar-refractivity contribution in [1.82, 2.24) is 5.32 Å². The molecule has 1 aliphatic rings. The lowest BCUT2D eigenvalue weighted by Crippen LogP contribution is -2.19. The molecule has 1 aromatic carbocycles. The zero-order chi connectivity index (χ0) is 12.6. The van der Waals surface area contributed by atoms with Gasteiger partial charge in [-0.25, -0.2) is 0 Å². The van der Waals surface area contributed by atoms with Crippen LogP contribution in [0.5, 0.6) is 0 Å². The fourth-order valence-corrected chi connectivity index (χ4v) is 1.99. The topological polar surface area (TPSA) is 46.2 Å². The molecule has 1 heterocycles. The summed E-state index contributed by atoms with van der Waals surface area (Å²) in [5, 5.41) is 3.13. The number of rotatable bonds is 1. The second-order valence-electron chi connectivity index (χ2n) is 3.79. The van der Waals surface area contributed by atoms with Gasteiger partial charge in [0.25, 0.3) is 5.91 Å². The lowest BCUT2D eigenvalue weighted by Gasteiger charge is -2.05. The van der Waals surface area contributed by atoms with Crippen LogP contribution >= 0.6 is 23.2 Å². The Kier molecular flexibility index (Phi) is 3.22. The number of imide groups is 1. The van der Waals surface area contributed by atoms with Crippen LogP contribution in [0.2, 0.25) is 10.0 Å². The largest absolute Gasteiger partial charge is 0.292 e. The highest BCUT2D eigenvalue weighted by molar-refractivity contribution is 6.42. The molecule has 17 heavy (non-hydrogen) atoms. The minimum atomic E-state index is -0.335. The molecule has 0 radical (unpaired) electrons. The molecule has 1 fully saturated rings. The number of benzene rings is 1. The van der Waals surface area contributed by atoms with Crippen LogP contribution in [0, 0.1) is 0 Å². The molecule has 2 rings (SSSR count). The Balaban J connectivity index is 2.46. The summed E-state index contributed by atoms with van der Waals surface area (Å²) in [5.74, 6) is -0.608. The van der Waals surface area contributed by atoms with Crippen molar-refractivity contribution in [1.29, 1.82) is 0 Å². The predicted molar refractivity (Wildman–Crippen MR) is 66.8 cm³/mol. The van der Waals surface area contributed by atoms with E-state index in [0.717, 1.165) is 11.1 Å². The van der Waals surface area contributed by atoms with E-state index in [0.29, 0.717) is 15.6 Å². The summed E-state index contributed by atoms with van der Waals surface area (Å²) in [6, 6.07) is 5.12. The second kappa shape index (κ2) is 4.51. The van der Waals surface area contributed by atoms with Gasteiger partial charge in [0.1, 0.15) is 0 Å². The average molecular weight is 270 g/mol. The van der Waals surface area contributed by atoms with Crippen LogP contribution in [0.15, 0.2) is 23.8 Å². The summed E-state index contributed by atoms with van der Waals surface area (Å²) < 4.78 is 0. The van der Waals surface area contributed by atoms with E-state index in [-0.39, 0.29) is 18.2 Å². The van der Waals surface area contributed by atoms with Crippen molar-refractivity contribution < 1.29 is 9.59 Å². The van der Waals surface area contributed by atoms with E-state index in [1.165, 1.54) is 0 Å². The molecule has 0 aromatic heterocycles. The maximum atomic E-state index is 11.5. The Hall–Kier alpha value is -1.32. The predicted octanol–water partition coefficient (Wildman–Crippen LogP) is 2.81. The van der Waals surface area contributed by atoms with Gasteiger partial charge in [-0.15, -0.1) is 0 Å². The van der Waals surface area contributed by atoms with Crippen molar-refractivity contribution in [2.24, 2.45) is 0 Å². The zero-order valence-corrected chi connectivity index (χ0v) is 10.5. The minimum absolute atomic E-state index is 0.116. The fourth-order valence-electron chi connectivity index (χ4n) is 1.69. The Morgan fingerprint density at radius 3 is 2.47 bits per heavy atom. The maximum absolute atomic E-state index is 11.5. The van der Waals surface area contributed by atoms with Crippen molar-refractivity contribution in [3.05, 3.63) is 39.4 Å². The molecule has 0 bridgehead atoms. The Morgan fingerprint density at radius 1 is 1.24 bits per heavy atom. The van der Waals surface area contributed by atoms with E-state index >= 15 is 0 Å². The first-order valence-corrected chi connectivity index (χ1v) is 5.74. The highest BCUT2D eigenvalue weighted by Crippen LogP contribution is 2.29. The lowest BCUT2D eigenvalue weighted by atomic mass is 10.0. The second-order valence-corrected chi connectivity index (χ2v) is 4.60. The minimum Gasteiger partial charge on any atom is -0.292 e. The van der Waals surface area contributed by atoms with Crippen LogP contribution in [0.25, 0.3) is 5.57 Å². The van der Waals surface area contributed by atoms with Gasteiger partial charge in [-0.05, 0) is 30.2 Å². The normalized spacial score (nSPS) is 18.3. The Bertz CT molecular complexity index is 549. The molecular formula is C12H9Cl2NO2. The smallest absolute Gasteiger partial charge is 0.254 e. The summed E-state index contributed by atoms with van der Waals surface area (Å²) in [4.78, 5) is 22.6. The van der Waals surface area contributed by atoms with Crippen LogP contribution in [0.4, 0.5) is 0 Å². The molecule has 1 aliphatic heterocycles. The molecule has 1 aromatic rings. The van der Waals surface area contributed by atoms with Crippen LogP contribution in [-0.2, 0) is 9.59 Å². The number of carbonyl (C=O) groups excluding carboxylic acids is 2. The van der Waals surface area contributed by atoms with Crippen molar-refractivity contribution in [2.75, 3.05) is 0 Å². The van der Waals surface area contributed by atoms with E-state index in [2.05, 4.69) is 5.32 Å². The average Bonchev–Trinajstić information content (AvgIpc) is 2.61. The van der Waals surface area contributed by atoms with Gasteiger partial charge in [-0.3, -0.25) is 14.9 Å². The van der Waals surface area contributed by atoms with E-state index < -0.39 is 0 Å². The number of halogens is 2. The fraction of sp³-hybridized carbons (Fsp3) is 0.167. The van der Waals surface area contributed by atoms with E-state index in [9.17, 15) is 9.59 Å². The molecule has 0 atom stereocenters. The molecule has 0 spiro atoms. The molecule has 3 nitrogen and oxygen atoms in total. The number of hydrogen-bond donors (Lipinski definition) is 1. The van der Waals surface area contributed by atoms with Crippen LogP contribution in [0.1, 0.15) is 18.9 Å². The van der Waals surface area contributed by atoms with E-state index in [1.807, 2.05) is 0 Å². The van der Waals surface area contributed by atoms with Crippen LogP contribution < -0.4 is 5.32 Å². The van der Waals surface area contributed by atoms with Crippen molar-refractivity contribution in [2.45, 2.75) is 13.3 Å². The molecule has 88 valence electrons. The van der Waals surface area contributed by atoms with Crippen molar-refractivity contribution in [3.63, 3.8) is 0 Å². The van der Waals surface area contributed by atoms with Gasteiger partial charge in [0.2, 0.25) is 5.91 Å². The van der Waals surface area contributed by atoms with Gasteiger partial charge in [0, 0.05) is 5.57 Å². The molecule has 1 N–H and O–H groups in total. The SMILES string of the molecule is CC(=C1CC(=O)NC1=O)c1ccc(Cl)c(Cl)c1. The highest BCUT2D eigenvalue weighted by atomic mass is 35.5. The Labute approximate surface area is 108 Å². The number of amides is 2. The van der Waals surface area contributed by atoms with Crippen molar-refractivity contribution in [3.8, 4) is 0 Å². The van der Waals surface area contributed by atoms with Gasteiger partial charge in [0.15, 0.2) is 0 Å². The third-order valence-corrected chi connectivity index (χ3v) is 3.41. The monoisotopic (exact) mass is 269 g/mol. The molecule has 2 amide bonds. The summed E-state index contributed by atoms with van der Waals surface area (Å²) in [6.45, 7) is 1.78. The molecule has 0 unspecified atom stereocenters. The van der Waals surface area contributed by atoms with Crippen molar-refractivity contribution >= 4 is 40.6 Å². The number of nitrogens with one attached hydrogen (secondary N) is 1. The highest BCUT2D eigenvalue weighted by Gasteiger charge is 2.26. The summed E-state index contributed by atoms with van der Waals surface area (Å²) in [6.07, 6.45) is 0.116. The number of hydrogen-bond acceptors (Lipinski definition) is 2. The zero-order valence-electron chi connectivity index (χ0n) is 9.01. The van der Waals surface area contributed by atoms with E-state index in [4.69, 9.17) is 23.2 Å². The summed E-state index contributed by atoms with van der Waals surface area (Å²) in [5.41, 5.74) is 2.01. The third-order valence-electron chi connectivity index (χ3n) is 2.67. The quantitative estimate of drug-likeness (QED) is 0.630. The van der Waals surface area contributed by atoms with Crippen LogP contribution in [-0.4, -0.2) is 11.8 Å². The lowest BCUT2D eigenvalue weighted by molar-refractivity contribution is -0.124. The first-order chi connectivity index (χ1) is 7.99. The summed E-state index contributed by atoms with van der Waals surface area (Å²) in [7, 11) is 0. The van der Waals surface area contributed by atoms with E-state index in [1.54, 1.807) is 25.1 Å². The molecule has 0 aliphatic carbocycles. The third kappa shape index (κ3) is 2.35. The number of carbonyl (C=O) groups is 2. The molecular weight excluding hydrogens is 261 g/mol. The first kappa shape index (κ1) is 12.1. The standard InChI is InChI=1S/C12H9Cl2NO2/c1-6(8-5-11(16)15-12(8)17)7-2-3-9(13)10(14)4-7/h2-4H,5H2,1H3,(H,15,16,17). The van der Waals surface area contributed by atoms with Gasteiger partial charge in [-0.2, -0.15) is 0 Å².